The smallest absolute Gasteiger partial charge is 0.273 e. The second kappa shape index (κ2) is 10.6. The van der Waals surface area contributed by atoms with Crippen LogP contribution in [0.5, 0.6) is 0 Å². The molecular formula is C18H25N9O2S2. The van der Waals surface area contributed by atoms with Crippen LogP contribution in [0.4, 0.5) is 11.6 Å². The monoisotopic (exact) mass is 463 g/mol. The Balaban J connectivity index is 0.000000176. The van der Waals surface area contributed by atoms with E-state index < -0.39 is 11.8 Å². The van der Waals surface area contributed by atoms with E-state index in [0.29, 0.717) is 28.9 Å². The van der Waals surface area contributed by atoms with E-state index in [9.17, 15) is 9.59 Å². The summed E-state index contributed by atoms with van der Waals surface area (Å²) in [5.74, 6) is -0.179. The Bertz CT molecular complexity index is 952. The molecule has 31 heavy (non-hydrogen) atoms. The van der Waals surface area contributed by atoms with Gasteiger partial charge in [0.15, 0.2) is 23.0 Å². The number of aromatic nitrogens is 5. The Kier molecular flexibility index (Phi) is 7.85. The predicted octanol–water partition coefficient (Wildman–Crippen LogP) is 1.53. The van der Waals surface area contributed by atoms with Crippen LogP contribution in [0.2, 0.25) is 0 Å². The van der Waals surface area contributed by atoms with Gasteiger partial charge in [-0.3, -0.25) is 9.59 Å². The molecular weight excluding hydrogens is 438 g/mol. The Morgan fingerprint density at radius 3 is 2.00 bits per heavy atom. The molecule has 0 atom stereocenters. The number of amides is 2. The minimum atomic E-state index is -0.602. The van der Waals surface area contributed by atoms with Crippen molar-refractivity contribution in [1.82, 2.24) is 25.1 Å². The van der Waals surface area contributed by atoms with Gasteiger partial charge in [-0.15, -0.1) is 22.0 Å². The van der Waals surface area contributed by atoms with Gasteiger partial charge in [-0.25, -0.2) is 15.0 Å². The quantitative estimate of drug-likeness (QED) is 0.418. The molecule has 2 fully saturated rings. The van der Waals surface area contributed by atoms with Crippen LogP contribution in [0, 0.1) is 0 Å². The summed E-state index contributed by atoms with van der Waals surface area (Å²) in [5.41, 5.74) is 10.8. The van der Waals surface area contributed by atoms with Crippen LogP contribution in [0.25, 0.3) is 0 Å². The van der Waals surface area contributed by atoms with Gasteiger partial charge in [-0.05, 0) is 44.6 Å². The highest BCUT2D eigenvalue weighted by Gasteiger charge is 2.24. The van der Waals surface area contributed by atoms with E-state index >= 15 is 0 Å². The summed E-state index contributed by atoms with van der Waals surface area (Å²) in [6, 6.07) is 0.805. The van der Waals surface area contributed by atoms with Crippen molar-refractivity contribution < 1.29 is 9.59 Å². The van der Waals surface area contributed by atoms with Crippen molar-refractivity contribution >= 4 is 47.0 Å². The van der Waals surface area contributed by atoms with Crippen molar-refractivity contribution in [3.8, 4) is 0 Å². The molecule has 2 aromatic heterocycles. The number of anilines is 2. The predicted molar refractivity (Wildman–Crippen MR) is 120 cm³/mol. The number of hydrogen-bond acceptors (Lipinski definition) is 11. The molecule has 166 valence electrons. The molecule has 2 aliphatic rings. The van der Waals surface area contributed by atoms with Gasteiger partial charge in [-0.2, -0.15) is 0 Å². The summed E-state index contributed by atoms with van der Waals surface area (Å²) in [5, 5.41) is 15.2. The molecule has 0 unspecified atom stereocenters. The van der Waals surface area contributed by atoms with Gasteiger partial charge < -0.3 is 22.1 Å². The summed E-state index contributed by atoms with van der Waals surface area (Å²) in [7, 11) is 0. The lowest BCUT2D eigenvalue weighted by atomic mass is 9.93. The van der Waals surface area contributed by atoms with Crippen molar-refractivity contribution in [3.63, 3.8) is 0 Å². The molecule has 0 aromatic carbocycles. The van der Waals surface area contributed by atoms with E-state index in [0.717, 1.165) is 30.7 Å². The minimum Gasteiger partial charge on any atom is -0.365 e. The van der Waals surface area contributed by atoms with Gasteiger partial charge in [0.2, 0.25) is 5.16 Å². The fourth-order valence-corrected chi connectivity index (χ4v) is 3.23. The van der Waals surface area contributed by atoms with Gasteiger partial charge in [0.1, 0.15) is 5.03 Å². The first-order chi connectivity index (χ1) is 14.9. The minimum absolute atomic E-state index is 0.115. The maximum Gasteiger partial charge on any atom is 0.273 e. The first-order valence-electron chi connectivity index (χ1n) is 9.73. The maximum atomic E-state index is 11.1. The van der Waals surface area contributed by atoms with E-state index in [2.05, 4.69) is 35.8 Å². The number of nitrogens with one attached hydrogen (secondary N) is 2. The molecule has 0 saturated heterocycles. The number of primary amides is 2. The summed E-state index contributed by atoms with van der Waals surface area (Å²) in [6.07, 6.45) is 10.9. The van der Waals surface area contributed by atoms with Crippen LogP contribution in [0.3, 0.4) is 0 Å². The van der Waals surface area contributed by atoms with E-state index in [1.165, 1.54) is 29.9 Å². The second-order valence-corrected chi connectivity index (χ2v) is 8.62. The van der Waals surface area contributed by atoms with Crippen molar-refractivity contribution in [1.29, 1.82) is 0 Å². The average molecular weight is 464 g/mol. The molecule has 2 saturated carbocycles. The summed E-state index contributed by atoms with van der Waals surface area (Å²) < 4.78 is 0. The zero-order valence-corrected chi connectivity index (χ0v) is 18.9. The molecule has 2 aliphatic carbocycles. The Hall–Kier alpha value is -2.67. The highest BCUT2D eigenvalue weighted by Crippen LogP contribution is 2.26. The zero-order chi connectivity index (χ0) is 22.4. The second-order valence-electron chi connectivity index (χ2n) is 7.02. The maximum absolute atomic E-state index is 11.1. The molecule has 13 heteroatoms. The topological polar surface area (TPSA) is 175 Å². The lowest BCUT2D eigenvalue weighted by molar-refractivity contribution is 0.0986. The third-order valence-electron chi connectivity index (χ3n) is 4.64. The number of nitrogens with two attached hydrogens (primary N) is 2. The van der Waals surface area contributed by atoms with E-state index in [4.69, 9.17) is 11.5 Å². The van der Waals surface area contributed by atoms with Gasteiger partial charge in [0, 0.05) is 12.1 Å². The Labute approximate surface area is 188 Å². The van der Waals surface area contributed by atoms with Crippen molar-refractivity contribution in [2.75, 3.05) is 23.1 Å². The standard InChI is InChI=1S/C9H13N5OS.C9H12N4OS/c1-16-9-12-8(11-5-3-2-4-5)6(7(10)15)13-14-9;1-15-6-4-11-7(8(10)14)9(13-6)12-5-2-3-5/h5H,2-4H2,1H3,(H2,10,15)(H,11,12,14);4-5H,2-3H2,1H3,(H2,10,14)(H,12,13). The summed E-state index contributed by atoms with van der Waals surface area (Å²) in [4.78, 5) is 34.7. The molecule has 2 aromatic rings. The average Bonchev–Trinajstić information content (AvgIpc) is 3.54. The Morgan fingerprint density at radius 1 is 0.903 bits per heavy atom. The first kappa shape index (κ1) is 23.0. The molecule has 0 aliphatic heterocycles. The highest BCUT2D eigenvalue weighted by molar-refractivity contribution is 7.98. The molecule has 6 N–H and O–H groups in total. The van der Waals surface area contributed by atoms with E-state index in [1.54, 1.807) is 6.20 Å². The molecule has 0 radical (unpaired) electrons. The van der Waals surface area contributed by atoms with Gasteiger partial charge >= 0.3 is 0 Å². The van der Waals surface area contributed by atoms with Crippen LogP contribution in [0.15, 0.2) is 16.4 Å². The first-order valence-corrected chi connectivity index (χ1v) is 12.2. The number of hydrogen-bond donors (Lipinski definition) is 4. The fraction of sp³-hybridized carbons (Fsp3) is 0.500. The number of rotatable bonds is 8. The summed E-state index contributed by atoms with van der Waals surface area (Å²) in [6.45, 7) is 0. The van der Waals surface area contributed by atoms with Crippen LogP contribution in [-0.2, 0) is 0 Å². The molecule has 11 nitrogen and oxygen atoms in total. The SMILES string of the molecule is CSc1cnc(C(N)=O)c(NC2CC2)n1.CSc1nnc(C(N)=O)c(NC2CCC2)n1. The molecule has 2 heterocycles. The highest BCUT2D eigenvalue weighted by atomic mass is 32.2. The van der Waals surface area contributed by atoms with E-state index in [-0.39, 0.29) is 11.4 Å². The fourth-order valence-electron chi connectivity index (χ4n) is 2.58. The van der Waals surface area contributed by atoms with Crippen molar-refractivity contribution in [2.24, 2.45) is 11.5 Å². The molecule has 4 rings (SSSR count). The van der Waals surface area contributed by atoms with Crippen LogP contribution < -0.4 is 22.1 Å². The Morgan fingerprint density at radius 2 is 1.52 bits per heavy atom. The number of nitrogens with zero attached hydrogens (tertiary/aromatic N) is 5. The van der Waals surface area contributed by atoms with Crippen molar-refractivity contribution in [2.45, 2.75) is 54.4 Å². The van der Waals surface area contributed by atoms with Gasteiger partial charge in [0.05, 0.1) is 6.20 Å². The van der Waals surface area contributed by atoms with Gasteiger partial charge in [-0.1, -0.05) is 11.8 Å². The molecule has 0 spiro atoms. The number of thioether (sulfide) groups is 2. The lowest BCUT2D eigenvalue weighted by Gasteiger charge is -2.27. The largest absolute Gasteiger partial charge is 0.365 e. The van der Waals surface area contributed by atoms with Crippen molar-refractivity contribution in [3.05, 3.63) is 17.6 Å². The normalized spacial score (nSPS) is 15.3. The molecule has 0 bridgehead atoms. The lowest BCUT2D eigenvalue weighted by Crippen LogP contribution is -2.30. The molecule has 2 amide bonds. The third-order valence-corrected chi connectivity index (χ3v) is 5.79. The number of carbonyl (C=O) groups is 2. The van der Waals surface area contributed by atoms with Crippen LogP contribution >= 0.6 is 23.5 Å². The van der Waals surface area contributed by atoms with Crippen LogP contribution in [0.1, 0.15) is 53.1 Å². The number of carbonyl (C=O) groups excluding carboxylic acids is 2. The third kappa shape index (κ3) is 6.40. The van der Waals surface area contributed by atoms with E-state index in [1.807, 2.05) is 12.5 Å². The summed E-state index contributed by atoms with van der Waals surface area (Å²) >= 11 is 2.86. The van der Waals surface area contributed by atoms with Crippen LogP contribution in [-0.4, -0.2) is 61.6 Å². The zero-order valence-electron chi connectivity index (χ0n) is 17.3. The van der Waals surface area contributed by atoms with Gasteiger partial charge in [0.25, 0.3) is 11.8 Å².